The highest BCUT2D eigenvalue weighted by molar-refractivity contribution is 6.06. The number of halogens is 3. The molecule has 0 saturated heterocycles. The van der Waals surface area contributed by atoms with Crippen molar-refractivity contribution in [2.75, 3.05) is 29.6 Å². The Balaban J connectivity index is 1.71. The average molecular weight is 431 g/mol. The molecular formula is C21H20F3N5O2. The average Bonchev–Trinajstić information content (AvgIpc) is 2.68. The van der Waals surface area contributed by atoms with Gasteiger partial charge in [-0.25, -0.2) is 4.98 Å². The second-order valence-electron chi connectivity index (χ2n) is 6.79. The first-order valence-electron chi connectivity index (χ1n) is 9.17. The van der Waals surface area contributed by atoms with Crippen molar-refractivity contribution in [1.29, 1.82) is 0 Å². The van der Waals surface area contributed by atoms with Gasteiger partial charge in [-0.05, 0) is 43.3 Å². The molecule has 0 unspecified atom stereocenters. The number of alkyl halides is 3. The number of aryl methyl sites for hydroxylation is 1. The second kappa shape index (κ2) is 8.90. The molecule has 0 saturated carbocycles. The summed E-state index contributed by atoms with van der Waals surface area (Å²) >= 11 is 0. The Morgan fingerprint density at radius 2 is 1.65 bits per heavy atom. The first kappa shape index (κ1) is 21.9. The third-order valence-corrected chi connectivity index (χ3v) is 4.06. The van der Waals surface area contributed by atoms with Crippen LogP contribution >= 0.6 is 0 Å². The molecule has 2 aromatic carbocycles. The van der Waals surface area contributed by atoms with Crippen molar-refractivity contribution in [3.63, 3.8) is 0 Å². The number of aromatic nitrogens is 2. The van der Waals surface area contributed by atoms with Crippen LogP contribution in [0.3, 0.4) is 0 Å². The molecule has 1 heterocycles. The van der Waals surface area contributed by atoms with Gasteiger partial charge in [-0.3, -0.25) is 4.79 Å². The number of amides is 1. The number of nitrogens with zero attached hydrogens (tertiary/aromatic N) is 3. The predicted octanol–water partition coefficient (Wildman–Crippen LogP) is 4.75. The molecular weight excluding hydrogens is 411 g/mol. The SMILES string of the molecule is Cc1cc(N(C)C)nc(Nc2ccc(NC(=O)c3ccccc3OC(F)(F)F)cc2)n1. The van der Waals surface area contributed by atoms with Crippen LogP contribution in [0.4, 0.5) is 36.3 Å². The number of hydrogen-bond acceptors (Lipinski definition) is 6. The van der Waals surface area contributed by atoms with E-state index in [2.05, 4.69) is 25.3 Å². The summed E-state index contributed by atoms with van der Waals surface area (Å²) in [6.07, 6.45) is -4.89. The zero-order valence-corrected chi connectivity index (χ0v) is 17.0. The fourth-order valence-corrected chi connectivity index (χ4v) is 2.67. The van der Waals surface area contributed by atoms with Gasteiger partial charge in [0.25, 0.3) is 5.91 Å². The summed E-state index contributed by atoms with van der Waals surface area (Å²) in [6.45, 7) is 1.86. The van der Waals surface area contributed by atoms with E-state index in [-0.39, 0.29) is 5.56 Å². The van der Waals surface area contributed by atoms with E-state index in [1.165, 1.54) is 18.2 Å². The van der Waals surface area contributed by atoms with Crippen molar-refractivity contribution in [3.8, 4) is 5.75 Å². The summed E-state index contributed by atoms with van der Waals surface area (Å²) in [6, 6.07) is 13.6. The zero-order chi connectivity index (χ0) is 22.6. The molecule has 0 atom stereocenters. The first-order valence-corrected chi connectivity index (χ1v) is 9.17. The number of carbonyl (C=O) groups is 1. The number of ether oxygens (including phenoxy) is 1. The van der Waals surface area contributed by atoms with E-state index in [0.29, 0.717) is 17.3 Å². The minimum absolute atomic E-state index is 0.230. The van der Waals surface area contributed by atoms with E-state index in [1.807, 2.05) is 32.0 Å². The third-order valence-electron chi connectivity index (χ3n) is 4.06. The van der Waals surface area contributed by atoms with Crippen molar-refractivity contribution < 1.29 is 22.7 Å². The van der Waals surface area contributed by atoms with E-state index >= 15 is 0 Å². The molecule has 2 N–H and O–H groups in total. The van der Waals surface area contributed by atoms with Gasteiger partial charge in [0.05, 0.1) is 5.56 Å². The van der Waals surface area contributed by atoms with Gasteiger partial charge in [-0.1, -0.05) is 12.1 Å². The zero-order valence-electron chi connectivity index (χ0n) is 17.0. The van der Waals surface area contributed by atoms with Gasteiger partial charge in [0.1, 0.15) is 11.6 Å². The van der Waals surface area contributed by atoms with Crippen LogP contribution in [-0.2, 0) is 0 Å². The van der Waals surface area contributed by atoms with Crippen LogP contribution in [0.1, 0.15) is 16.1 Å². The standard InChI is InChI=1S/C21H20F3N5O2/c1-13-12-18(29(2)3)28-20(25-13)27-15-10-8-14(9-11-15)26-19(30)16-6-4-5-7-17(16)31-21(22,23)24/h4-12H,1-3H3,(H,26,30)(H,25,27,28). The Morgan fingerprint density at radius 3 is 2.29 bits per heavy atom. The summed E-state index contributed by atoms with van der Waals surface area (Å²) in [5.41, 5.74) is 1.64. The van der Waals surface area contributed by atoms with Gasteiger partial charge in [0.15, 0.2) is 0 Å². The Hall–Kier alpha value is -3.82. The molecule has 0 bridgehead atoms. The monoisotopic (exact) mass is 431 g/mol. The summed E-state index contributed by atoms with van der Waals surface area (Å²) in [5, 5.41) is 5.64. The molecule has 31 heavy (non-hydrogen) atoms. The quantitative estimate of drug-likeness (QED) is 0.587. The smallest absolute Gasteiger partial charge is 0.405 e. The number of anilines is 4. The van der Waals surface area contributed by atoms with Crippen molar-refractivity contribution in [2.24, 2.45) is 0 Å². The van der Waals surface area contributed by atoms with Crippen LogP contribution < -0.4 is 20.3 Å². The normalized spacial score (nSPS) is 11.0. The summed E-state index contributed by atoms with van der Waals surface area (Å²) in [4.78, 5) is 23.0. The van der Waals surface area contributed by atoms with E-state index < -0.39 is 18.0 Å². The minimum Gasteiger partial charge on any atom is -0.405 e. The van der Waals surface area contributed by atoms with Crippen LogP contribution in [-0.4, -0.2) is 36.3 Å². The predicted molar refractivity (Wildman–Crippen MR) is 112 cm³/mol. The van der Waals surface area contributed by atoms with Crippen molar-refractivity contribution >= 4 is 29.0 Å². The lowest BCUT2D eigenvalue weighted by molar-refractivity contribution is -0.274. The van der Waals surface area contributed by atoms with Crippen LogP contribution in [0.2, 0.25) is 0 Å². The molecule has 0 aliphatic heterocycles. The molecule has 3 rings (SSSR count). The number of hydrogen-bond donors (Lipinski definition) is 2. The largest absolute Gasteiger partial charge is 0.573 e. The van der Waals surface area contributed by atoms with E-state index in [1.54, 1.807) is 24.3 Å². The number of rotatable bonds is 6. The Morgan fingerprint density at radius 1 is 1.00 bits per heavy atom. The van der Waals surface area contributed by atoms with Gasteiger partial charge >= 0.3 is 6.36 Å². The summed E-state index contributed by atoms with van der Waals surface area (Å²) in [7, 11) is 3.75. The fourth-order valence-electron chi connectivity index (χ4n) is 2.67. The Kier molecular flexibility index (Phi) is 6.28. The number of carbonyl (C=O) groups excluding carboxylic acids is 1. The lowest BCUT2D eigenvalue weighted by Gasteiger charge is -2.14. The van der Waals surface area contributed by atoms with Crippen LogP contribution in [0.15, 0.2) is 54.6 Å². The molecule has 0 radical (unpaired) electrons. The van der Waals surface area contributed by atoms with Gasteiger partial charge in [0.2, 0.25) is 5.95 Å². The molecule has 1 amide bonds. The summed E-state index contributed by atoms with van der Waals surface area (Å²) < 4.78 is 41.6. The van der Waals surface area contributed by atoms with Gasteiger partial charge < -0.3 is 20.3 Å². The number of benzene rings is 2. The maximum absolute atomic E-state index is 12.6. The lowest BCUT2D eigenvalue weighted by atomic mass is 10.2. The first-order chi connectivity index (χ1) is 14.6. The minimum atomic E-state index is -4.89. The molecule has 7 nitrogen and oxygen atoms in total. The van der Waals surface area contributed by atoms with Gasteiger partial charge in [0, 0.05) is 37.2 Å². The molecule has 0 spiro atoms. The molecule has 0 fully saturated rings. The fraction of sp³-hybridized carbons (Fsp3) is 0.190. The second-order valence-corrected chi connectivity index (χ2v) is 6.79. The van der Waals surface area contributed by atoms with Crippen molar-refractivity contribution in [3.05, 3.63) is 65.9 Å². The van der Waals surface area contributed by atoms with E-state index in [4.69, 9.17) is 0 Å². The van der Waals surface area contributed by atoms with E-state index in [0.717, 1.165) is 17.6 Å². The maximum atomic E-state index is 12.6. The molecule has 162 valence electrons. The van der Waals surface area contributed by atoms with Crippen LogP contribution in [0, 0.1) is 6.92 Å². The molecule has 10 heteroatoms. The third kappa shape index (κ3) is 6.08. The highest BCUT2D eigenvalue weighted by Gasteiger charge is 2.32. The maximum Gasteiger partial charge on any atom is 0.573 e. The molecule has 0 aliphatic rings. The number of nitrogens with one attached hydrogen (secondary N) is 2. The molecule has 1 aromatic heterocycles. The molecule has 3 aromatic rings. The van der Waals surface area contributed by atoms with E-state index in [9.17, 15) is 18.0 Å². The highest BCUT2D eigenvalue weighted by Crippen LogP contribution is 2.27. The lowest BCUT2D eigenvalue weighted by Crippen LogP contribution is -2.20. The van der Waals surface area contributed by atoms with Crippen molar-refractivity contribution in [1.82, 2.24) is 9.97 Å². The van der Waals surface area contributed by atoms with Gasteiger partial charge in [-0.15, -0.1) is 13.2 Å². The number of para-hydroxylation sites is 1. The summed E-state index contributed by atoms with van der Waals surface area (Å²) in [5.74, 6) is -0.130. The van der Waals surface area contributed by atoms with Crippen LogP contribution in [0.5, 0.6) is 5.75 Å². The highest BCUT2D eigenvalue weighted by atomic mass is 19.4. The van der Waals surface area contributed by atoms with Gasteiger partial charge in [-0.2, -0.15) is 4.98 Å². The topological polar surface area (TPSA) is 79.4 Å². The molecule has 0 aliphatic carbocycles. The van der Waals surface area contributed by atoms with Crippen LogP contribution in [0.25, 0.3) is 0 Å². The Labute approximate surface area is 176 Å². The van der Waals surface area contributed by atoms with Crippen molar-refractivity contribution in [2.45, 2.75) is 13.3 Å². The Bertz CT molecular complexity index is 1070.